The van der Waals surface area contributed by atoms with Crippen LogP contribution in [0.1, 0.15) is 45.2 Å². The van der Waals surface area contributed by atoms with Gasteiger partial charge in [-0.15, -0.1) is 0 Å². The third-order valence-corrected chi connectivity index (χ3v) is 5.19. The number of benzene rings is 1. The lowest BCUT2D eigenvalue weighted by Crippen LogP contribution is -2.44. The second-order valence-electron chi connectivity index (χ2n) is 7.83. The second-order valence-corrected chi connectivity index (χ2v) is 7.83. The molecule has 1 saturated heterocycles. The van der Waals surface area contributed by atoms with E-state index in [1.54, 1.807) is 7.11 Å². The number of guanidine groups is 1. The summed E-state index contributed by atoms with van der Waals surface area (Å²) >= 11 is 0. The number of methoxy groups -OCH3 is 1. The fraction of sp³-hybridized carbons (Fsp3) is 0.619. The molecule has 2 rings (SSSR count). The van der Waals surface area contributed by atoms with Crippen molar-refractivity contribution in [1.29, 1.82) is 0 Å². The van der Waals surface area contributed by atoms with Crippen LogP contribution in [-0.2, 0) is 4.79 Å². The minimum absolute atomic E-state index is 0.187. The molecule has 0 aliphatic carbocycles. The first-order chi connectivity index (χ1) is 13.4. The van der Waals surface area contributed by atoms with Gasteiger partial charge in [-0.25, -0.2) is 0 Å². The molecule has 0 saturated carbocycles. The topological polar surface area (TPSA) is 92.0 Å². The highest BCUT2D eigenvalue weighted by atomic mass is 16.5. The van der Waals surface area contributed by atoms with Crippen molar-refractivity contribution in [2.75, 3.05) is 39.8 Å². The smallest absolute Gasteiger partial charge is 0.224 e. The van der Waals surface area contributed by atoms with Crippen molar-refractivity contribution in [2.24, 2.45) is 16.1 Å². The summed E-state index contributed by atoms with van der Waals surface area (Å²) in [6.45, 7) is 9.57. The van der Waals surface area contributed by atoms with Crippen LogP contribution in [0.2, 0.25) is 0 Å². The number of carbonyl (C=O) groups is 1. The number of ether oxygens (including phenoxy) is 1. The molecule has 0 spiro atoms. The first-order valence-electron chi connectivity index (χ1n) is 10.1. The molecule has 1 aromatic carbocycles. The lowest BCUT2D eigenvalue weighted by atomic mass is 9.93. The van der Waals surface area contributed by atoms with E-state index in [2.05, 4.69) is 32.7 Å². The van der Waals surface area contributed by atoms with Crippen molar-refractivity contribution < 1.29 is 9.53 Å². The lowest BCUT2D eigenvalue weighted by molar-refractivity contribution is -0.125. The minimum atomic E-state index is -0.681. The van der Waals surface area contributed by atoms with E-state index in [4.69, 9.17) is 10.5 Å². The first kappa shape index (κ1) is 22.0. The van der Waals surface area contributed by atoms with Gasteiger partial charge in [0.05, 0.1) is 25.1 Å². The number of primary amides is 1. The molecule has 1 fully saturated rings. The maximum atomic E-state index is 11.6. The second kappa shape index (κ2) is 10.3. The van der Waals surface area contributed by atoms with Crippen molar-refractivity contribution in [1.82, 2.24) is 15.5 Å². The van der Waals surface area contributed by atoms with Crippen molar-refractivity contribution in [2.45, 2.75) is 39.7 Å². The molecule has 0 bridgehead atoms. The molecule has 0 radical (unpaired) electrons. The highest BCUT2D eigenvalue weighted by Gasteiger charge is 2.27. The summed E-state index contributed by atoms with van der Waals surface area (Å²) in [5.74, 6) is 1.24. The Hall–Kier alpha value is -2.28. The number of aliphatic imine (C=N–C) groups is 1. The fourth-order valence-corrected chi connectivity index (χ4v) is 3.32. The number of amides is 1. The van der Waals surface area contributed by atoms with Crippen LogP contribution in [0.5, 0.6) is 5.75 Å². The number of rotatable bonds is 9. The molecule has 28 heavy (non-hydrogen) atoms. The van der Waals surface area contributed by atoms with Crippen molar-refractivity contribution in [3.8, 4) is 5.75 Å². The molecular formula is C21H35N5O2. The molecule has 1 aliphatic rings. The van der Waals surface area contributed by atoms with E-state index in [0.717, 1.165) is 25.4 Å². The number of para-hydroxylation sites is 1. The van der Waals surface area contributed by atoms with Crippen LogP contribution >= 0.6 is 0 Å². The molecular weight excluding hydrogens is 354 g/mol. The molecule has 1 amide bonds. The summed E-state index contributed by atoms with van der Waals surface area (Å²) in [7, 11) is 1.71. The Bertz CT molecular complexity index is 669. The average Bonchev–Trinajstić information content (AvgIpc) is 3.21. The summed E-state index contributed by atoms with van der Waals surface area (Å²) in [6.07, 6.45) is 2.43. The molecule has 4 N–H and O–H groups in total. The average molecular weight is 390 g/mol. The van der Waals surface area contributed by atoms with Crippen molar-refractivity contribution in [3.05, 3.63) is 29.8 Å². The maximum Gasteiger partial charge on any atom is 0.224 e. The molecule has 7 nitrogen and oxygen atoms in total. The Labute approximate surface area is 168 Å². The van der Waals surface area contributed by atoms with Gasteiger partial charge in [0.15, 0.2) is 5.96 Å². The van der Waals surface area contributed by atoms with Crippen molar-refractivity contribution in [3.63, 3.8) is 0 Å². The van der Waals surface area contributed by atoms with Crippen molar-refractivity contribution >= 4 is 11.9 Å². The monoisotopic (exact) mass is 389 g/mol. The quantitative estimate of drug-likeness (QED) is 0.443. The number of hydrogen-bond donors (Lipinski definition) is 3. The summed E-state index contributed by atoms with van der Waals surface area (Å²) in [5.41, 5.74) is 5.97. The van der Waals surface area contributed by atoms with E-state index >= 15 is 0 Å². The summed E-state index contributed by atoms with van der Waals surface area (Å²) in [6, 6.07) is 8.37. The molecule has 1 aliphatic heterocycles. The predicted molar refractivity (Wildman–Crippen MR) is 113 cm³/mol. The lowest BCUT2D eigenvalue weighted by Gasteiger charge is -2.30. The summed E-state index contributed by atoms with van der Waals surface area (Å²) in [5, 5.41) is 6.71. The maximum absolute atomic E-state index is 11.6. The van der Waals surface area contributed by atoms with Crippen LogP contribution in [-0.4, -0.2) is 56.6 Å². The van der Waals surface area contributed by atoms with Gasteiger partial charge in [-0.2, -0.15) is 0 Å². The van der Waals surface area contributed by atoms with Gasteiger partial charge < -0.3 is 21.1 Å². The van der Waals surface area contributed by atoms with E-state index < -0.39 is 5.41 Å². The Morgan fingerprint density at radius 3 is 2.57 bits per heavy atom. The zero-order valence-corrected chi connectivity index (χ0v) is 17.6. The minimum Gasteiger partial charge on any atom is -0.496 e. The van der Waals surface area contributed by atoms with Gasteiger partial charge in [-0.05, 0) is 52.8 Å². The van der Waals surface area contributed by atoms with Gasteiger partial charge in [0, 0.05) is 18.7 Å². The predicted octanol–water partition coefficient (Wildman–Crippen LogP) is 1.90. The number of nitrogens with two attached hydrogens (primary N) is 1. The van der Waals surface area contributed by atoms with Crippen LogP contribution in [0.15, 0.2) is 29.3 Å². The molecule has 1 unspecified atom stereocenters. The normalized spacial score (nSPS) is 16.6. The zero-order chi connectivity index (χ0) is 20.6. The van der Waals surface area contributed by atoms with Gasteiger partial charge in [-0.1, -0.05) is 18.2 Å². The van der Waals surface area contributed by atoms with Crippen LogP contribution in [0.25, 0.3) is 0 Å². The van der Waals surface area contributed by atoms with E-state index in [0.29, 0.717) is 19.0 Å². The van der Waals surface area contributed by atoms with Gasteiger partial charge in [0.2, 0.25) is 5.91 Å². The Morgan fingerprint density at radius 2 is 1.96 bits per heavy atom. The van der Waals surface area contributed by atoms with E-state index in [-0.39, 0.29) is 11.9 Å². The van der Waals surface area contributed by atoms with E-state index in [9.17, 15) is 4.79 Å². The van der Waals surface area contributed by atoms with Gasteiger partial charge in [0.25, 0.3) is 0 Å². The third kappa shape index (κ3) is 5.86. The molecule has 7 heteroatoms. The van der Waals surface area contributed by atoms with Crippen LogP contribution < -0.4 is 21.1 Å². The Kier molecular flexibility index (Phi) is 8.11. The van der Waals surface area contributed by atoms with Gasteiger partial charge in [-0.3, -0.25) is 14.7 Å². The Balaban J connectivity index is 2.16. The number of likely N-dealkylation sites (tertiary alicyclic amines) is 1. The number of nitrogens with one attached hydrogen (secondary N) is 2. The number of nitrogens with zero attached hydrogens (tertiary/aromatic N) is 2. The number of hydrogen-bond acceptors (Lipinski definition) is 4. The Morgan fingerprint density at radius 1 is 1.29 bits per heavy atom. The molecule has 1 heterocycles. The molecule has 0 aromatic heterocycles. The third-order valence-electron chi connectivity index (χ3n) is 5.19. The van der Waals surface area contributed by atoms with E-state index in [1.165, 1.54) is 18.4 Å². The SMILES string of the molecule is CCNC(=NCC(C)(C)C(N)=O)NCC(c1ccccc1OC)N1CCCC1. The summed E-state index contributed by atoms with van der Waals surface area (Å²) in [4.78, 5) is 18.7. The zero-order valence-electron chi connectivity index (χ0n) is 17.6. The molecule has 156 valence electrons. The number of carbonyl (C=O) groups excluding carboxylic acids is 1. The highest BCUT2D eigenvalue weighted by molar-refractivity contribution is 5.82. The molecule has 1 aromatic rings. The van der Waals surface area contributed by atoms with Crippen LogP contribution in [0.3, 0.4) is 0 Å². The highest BCUT2D eigenvalue weighted by Crippen LogP contribution is 2.31. The first-order valence-corrected chi connectivity index (χ1v) is 10.1. The summed E-state index contributed by atoms with van der Waals surface area (Å²) < 4.78 is 5.61. The largest absolute Gasteiger partial charge is 0.496 e. The molecule has 1 atom stereocenters. The van der Waals surface area contributed by atoms with Gasteiger partial charge >= 0.3 is 0 Å². The van der Waals surface area contributed by atoms with Crippen LogP contribution in [0.4, 0.5) is 0 Å². The fourth-order valence-electron chi connectivity index (χ4n) is 3.32. The van der Waals surface area contributed by atoms with Gasteiger partial charge in [0.1, 0.15) is 5.75 Å². The van der Waals surface area contributed by atoms with E-state index in [1.807, 2.05) is 32.9 Å². The van der Waals surface area contributed by atoms with Crippen LogP contribution in [0, 0.1) is 5.41 Å². The standard InChI is InChI=1S/C21H35N5O2/c1-5-23-20(25-15-21(2,3)19(22)27)24-14-17(26-12-8-9-13-26)16-10-6-7-11-18(16)28-4/h6-7,10-11,17H,5,8-9,12-15H2,1-4H3,(H2,22,27)(H2,23,24,25).